The second kappa shape index (κ2) is 8.09. The number of hydrogen-bond donors (Lipinski definition) is 0. The first-order valence-electron chi connectivity index (χ1n) is 10.1. The van der Waals surface area contributed by atoms with Crippen LogP contribution in [0.1, 0.15) is 25.3 Å². The summed E-state index contributed by atoms with van der Waals surface area (Å²) in [4.78, 5) is 20.3. The van der Waals surface area contributed by atoms with Crippen LogP contribution in [0.2, 0.25) is 0 Å². The van der Waals surface area contributed by atoms with E-state index in [2.05, 4.69) is 16.0 Å². The molecule has 0 unspecified atom stereocenters. The van der Waals surface area contributed by atoms with Crippen LogP contribution < -0.4 is 10.5 Å². The fraction of sp³-hybridized carbons (Fsp3) is 0.364. The van der Waals surface area contributed by atoms with E-state index in [4.69, 9.17) is 0 Å². The molecule has 0 bridgehead atoms. The lowest BCUT2D eigenvalue weighted by molar-refractivity contribution is -0.368. The molecule has 1 N–H and O–H groups in total. The minimum atomic E-state index is -5.78. The summed E-state index contributed by atoms with van der Waals surface area (Å²) >= 11 is 1.53. The molecule has 0 saturated heterocycles. The normalized spacial score (nSPS) is 15.4. The minimum absolute atomic E-state index is 0.127. The largest absolute Gasteiger partial charge is 0.455 e. The number of nitrogens with one attached hydrogen (secondary N) is 1. The lowest BCUT2D eigenvalue weighted by Gasteiger charge is -2.21. The Kier molecular flexibility index (Phi) is 5.68. The van der Waals surface area contributed by atoms with Gasteiger partial charge in [0.25, 0.3) is 5.56 Å². The molecule has 3 heterocycles. The topological polar surface area (TPSA) is 72.8 Å². The number of pyridine rings is 3. The Bertz CT molecular complexity index is 1330. The first-order valence-corrected chi connectivity index (χ1v) is 11.0. The molecule has 0 aliphatic heterocycles. The quantitative estimate of drug-likeness (QED) is 0.377. The molecule has 1 fully saturated rings. The Morgan fingerprint density at radius 2 is 1.97 bits per heavy atom. The summed E-state index contributed by atoms with van der Waals surface area (Å²) < 4.78 is 65.7. The summed E-state index contributed by atoms with van der Waals surface area (Å²) in [5.74, 6) is -4.33. The number of rotatable bonds is 6. The summed E-state index contributed by atoms with van der Waals surface area (Å²) in [5, 5.41) is 9.77. The van der Waals surface area contributed by atoms with Gasteiger partial charge in [-0.2, -0.15) is 27.2 Å². The summed E-state index contributed by atoms with van der Waals surface area (Å²) in [6.07, 6.45) is -1.37. The van der Waals surface area contributed by atoms with Crippen LogP contribution in [0.3, 0.4) is 0 Å². The van der Waals surface area contributed by atoms with E-state index in [0.717, 1.165) is 41.3 Å². The van der Waals surface area contributed by atoms with Crippen molar-refractivity contribution >= 4 is 22.7 Å². The summed E-state index contributed by atoms with van der Waals surface area (Å²) in [6, 6.07) is 8.11. The van der Waals surface area contributed by atoms with Crippen LogP contribution >= 0.6 is 11.8 Å². The fourth-order valence-electron chi connectivity index (χ4n) is 3.59. The van der Waals surface area contributed by atoms with Gasteiger partial charge in [0.2, 0.25) is 5.69 Å². The molecule has 33 heavy (non-hydrogen) atoms. The SMILES string of the molecule is CCSc1cc(C2(C#N)CC2)c[nH+]c1-c1cc2ccc(=O)n(CC(F)(F)C(F)(F)F)c2cn1. The van der Waals surface area contributed by atoms with E-state index >= 15 is 0 Å². The van der Waals surface area contributed by atoms with E-state index in [-0.39, 0.29) is 10.9 Å². The number of H-pyrrole nitrogens is 1. The third-order valence-corrected chi connectivity index (χ3v) is 6.55. The standard InChI is InChI=1S/C22H17F5N4OS/c1-2-33-17-8-14(20(11-28)5-6-20)9-30-19(17)15-7-13-3-4-18(32)31(16(13)10-29-15)12-21(23,24)22(25,26)27/h3-4,7-10H,2,5-6,12H2,1H3/p+1. The number of thioether (sulfide) groups is 1. The van der Waals surface area contributed by atoms with E-state index in [0.29, 0.717) is 16.0 Å². The zero-order valence-electron chi connectivity index (χ0n) is 17.3. The molecule has 4 rings (SSSR count). The van der Waals surface area contributed by atoms with Crippen molar-refractivity contribution in [2.24, 2.45) is 0 Å². The molecule has 0 radical (unpaired) electrons. The predicted molar refractivity (Wildman–Crippen MR) is 112 cm³/mol. The maximum Gasteiger partial charge on any atom is 0.455 e. The number of nitrogens with zero attached hydrogens (tertiary/aromatic N) is 3. The van der Waals surface area contributed by atoms with Crippen molar-refractivity contribution in [3.63, 3.8) is 0 Å². The first kappa shape index (κ1) is 23.2. The number of alkyl halides is 5. The fourth-order valence-corrected chi connectivity index (χ4v) is 4.42. The van der Waals surface area contributed by atoms with Crippen LogP contribution in [0.25, 0.3) is 22.3 Å². The molecule has 3 aromatic rings. The van der Waals surface area contributed by atoms with Gasteiger partial charge in [0, 0.05) is 17.0 Å². The average Bonchev–Trinajstić information content (AvgIpc) is 3.56. The zero-order chi connectivity index (χ0) is 24.0. The maximum absolute atomic E-state index is 13.6. The molecule has 0 atom stereocenters. The zero-order valence-corrected chi connectivity index (χ0v) is 18.2. The van der Waals surface area contributed by atoms with Gasteiger partial charge in [-0.15, -0.1) is 11.8 Å². The van der Waals surface area contributed by atoms with Gasteiger partial charge in [-0.3, -0.25) is 4.79 Å². The van der Waals surface area contributed by atoms with E-state index in [9.17, 15) is 32.0 Å². The van der Waals surface area contributed by atoms with Gasteiger partial charge in [-0.1, -0.05) is 6.92 Å². The monoisotopic (exact) mass is 481 g/mol. The molecule has 1 aliphatic carbocycles. The number of fused-ring (bicyclic) bond motifs is 1. The molecule has 3 aromatic heterocycles. The molecule has 1 saturated carbocycles. The van der Waals surface area contributed by atoms with Gasteiger partial charge in [0.05, 0.1) is 34.6 Å². The predicted octanol–water partition coefficient (Wildman–Crippen LogP) is 4.74. The molecule has 172 valence electrons. The molecule has 0 amide bonds. The number of hydrogen-bond acceptors (Lipinski definition) is 4. The van der Waals surface area contributed by atoms with Crippen LogP contribution in [-0.4, -0.2) is 27.4 Å². The smallest absolute Gasteiger partial charge is 0.300 e. The van der Waals surface area contributed by atoms with Crippen molar-refractivity contribution in [1.82, 2.24) is 9.55 Å². The molecule has 0 spiro atoms. The Labute approximate surface area is 189 Å². The molecule has 11 heteroatoms. The van der Waals surface area contributed by atoms with Gasteiger partial charge in [-0.05, 0) is 36.8 Å². The van der Waals surface area contributed by atoms with Crippen LogP contribution in [0.4, 0.5) is 22.0 Å². The van der Waals surface area contributed by atoms with Gasteiger partial charge >= 0.3 is 12.1 Å². The Balaban J connectivity index is 1.79. The highest BCUT2D eigenvalue weighted by molar-refractivity contribution is 7.99. The summed E-state index contributed by atoms with van der Waals surface area (Å²) in [5.41, 5.74) is 0.324. The second-order valence-electron chi connectivity index (χ2n) is 7.84. The van der Waals surface area contributed by atoms with Crippen molar-refractivity contribution in [2.75, 3.05) is 5.75 Å². The van der Waals surface area contributed by atoms with Crippen LogP contribution in [0.5, 0.6) is 0 Å². The third-order valence-electron chi connectivity index (χ3n) is 5.63. The molecule has 1 aliphatic rings. The molecular weight excluding hydrogens is 463 g/mol. The van der Waals surface area contributed by atoms with Crippen LogP contribution in [0, 0.1) is 11.3 Å². The lowest BCUT2D eigenvalue weighted by atomic mass is 9.99. The number of halogens is 5. The van der Waals surface area contributed by atoms with Crippen LogP contribution in [-0.2, 0) is 12.0 Å². The Hall–Kier alpha value is -3.00. The number of aromatic amines is 1. The van der Waals surface area contributed by atoms with E-state index in [1.54, 1.807) is 6.20 Å². The average molecular weight is 481 g/mol. The van der Waals surface area contributed by atoms with Gasteiger partial charge in [0.1, 0.15) is 5.69 Å². The minimum Gasteiger partial charge on any atom is -0.300 e. The van der Waals surface area contributed by atoms with Gasteiger partial charge in [0.15, 0.2) is 6.20 Å². The third kappa shape index (κ3) is 4.19. The number of nitriles is 1. The van der Waals surface area contributed by atoms with E-state index in [1.807, 2.05) is 13.0 Å². The highest BCUT2D eigenvalue weighted by Crippen LogP contribution is 2.48. The lowest BCUT2D eigenvalue weighted by Crippen LogP contribution is -2.42. The Morgan fingerprint density at radius 3 is 2.58 bits per heavy atom. The van der Waals surface area contributed by atoms with E-state index < -0.39 is 29.6 Å². The van der Waals surface area contributed by atoms with Gasteiger partial charge < -0.3 is 4.57 Å². The number of aromatic nitrogens is 3. The molecule has 5 nitrogen and oxygen atoms in total. The van der Waals surface area contributed by atoms with Crippen molar-refractivity contribution < 1.29 is 26.9 Å². The van der Waals surface area contributed by atoms with E-state index in [1.165, 1.54) is 23.9 Å². The highest BCUT2D eigenvalue weighted by atomic mass is 32.2. The highest BCUT2D eigenvalue weighted by Gasteiger charge is 2.57. The van der Waals surface area contributed by atoms with Crippen molar-refractivity contribution in [3.05, 3.63) is 52.6 Å². The maximum atomic E-state index is 13.6. The van der Waals surface area contributed by atoms with Crippen molar-refractivity contribution in [3.8, 4) is 17.5 Å². The summed E-state index contributed by atoms with van der Waals surface area (Å²) in [6.45, 7) is 0.132. The Morgan fingerprint density at radius 1 is 1.24 bits per heavy atom. The van der Waals surface area contributed by atoms with Crippen molar-refractivity contribution in [1.29, 1.82) is 5.26 Å². The van der Waals surface area contributed by atoms with Crippen molar-refractivity contribution in [2.45, 2.75) is 48.7 Å². The first-order chi connectivity index (χ1) is 15.5. The second-order valence-corrected chi connectivity index (χ2v) is 9.15. The molecular formula is C22H18F5N4OS+. The molecule has 0 aromatic carbocycles. The summed E-state index contributed by atoms with van der Waals surface area (Å²) in [7, 11) is 0. The van der Waals surface area contributed by atoms with Crippen LogP contribution in [0.15, 0.2) is 46.3 Å². The van der Waals surface area contributed by atoms with Gasteiger partial charge in [-0.25, -0.2) is 9.97 Å².